The first-order valence-electron chi connectivity index (χ1n) is 7.12. The van der Waals surface area contributed by atoms with Crippen molar-refractivity contribution in [1.82, 2.24) is 4.98 Å². The Labute approximate surface area is 138 Å². The SMILES string of the molecule is Cc1cc(Nc2cccc(C(=O)O)c2)c2cc(Cl)cc(C)c2n1. The van der Waals surface area contributed by atoms with Crippen molar-refractivity contribution in [2.75, 3.05) is 5.32 Å². The predicted octanol–water partition coefficient (Wildman–Crippen LogP) is 4.95. The molecule has 116 valence electrons. The van der Waals surface area contributed by atoms with Crippen LogP contribution in [0.3, 0.4) is 0 Å². The van der Waals surface area contributed by atoms with Crippen LogP contribution in [0.15, 0.2) is 42.5 Å². The molecule has 0 spiro atoms. The number of nitrogens with zero attached hydrogens (tertiary/aromatic N) is 1. The lowest BCUT2D eigenvalue weighted by Gasteiger charge is -2.13. The molecule has 3 aromatic rings. The van der Waals surface area contributed by atoms with Crippen LogP contribution in [0.4, 0.5) is 11.4 Å². The molecule has 0 aliphatic rings. The second-order valence-corrected chi connectivity index (χ2v) is 5.88. The molecule has 0 saturated heterocycles. The summed E-state index contributed by atoms with van der Waals surface area (Å²) in [5.41, 5.74) is 4.54. The van der Waals surface area contributed by atoms with Crippen LogP contribution >= 0.6 is 11.6 Å². The van der Waals surface area contributed by atoms with E-state index in [1.807, 2.05) is 38.1 Å². The van der Waals surface area contributed by atoms with Crippen molar-refractivity contribution in [3.63, 3.8) is 0 Å². The molecule has 0 aliphatic carbocycles. The number of carboxylic acid groups (broad SMARTS) is 1. The number of hydrogen-bond donors (Lipinski definition) is 2. The zero-order valence-electron chi connectivity index (χ0n) is 12.7. The number of aryl methyl sites for hydroxylation is 2. The van der Waals surface area contributed by atoms with E-state index >= 15 is 0 Å². The maximum Gasteiger partial charge on any atom is 0.335 e. The molecular formula is C18H15ClN2O2. The summed E-state index contributed by atoms with van der Waals surface area (Å²) in [7, 11) is 0. The molecule has 0 bridgehead atoms. The topological polar surface area (TPSA) is 62.2 Å². The Kier molecular flexibility index (Phi) is 3.92. The number of anilines is 2. The Hall–Kier alpha value is -2.59. The van der Waals surface area contributed by atoms with Crippen molar-refractivity contribution in [3.8, 4) is 0 Å². The van der Waals surface area contributed by atoms with Crippen LogP contribution in [0.1, 0.15) is 21.6 Å². The number of fused-ring (bicyclic) bond motifs is 1. The Morgan fingerprint density at radius 1 is 1.17 bits per heavy atom. The Bertz CT molecular complexity index is 922. The second-order valence-electron chi connectivity index (χ2n) is 5.44. The maximum atomic E-state index is 11.1. The van der Waals surface area contributed by atoms with Crippen molar-refractivity contribution in [3.05, 3.63) is 64.3 Å². The van der Waals surface area contributed by atoms with Gasteiger partial charge in [0.05, 0.1) is 11.1 Å². The molecule has 4 nitrogen and oxygen atoms in total. The number of carboxylic acids is 1. The Balaban J connectivity index is 2.13. The zero-order valence-corrected chi connectivity index (χ0v) is 13.5. The van der Waals surface area contributed by atoms with Crippen molar-refractivity contribution >= 4 is 39.8 Å². The van der Waals surface area contributed by atoms with Gasteiger partial charge in [-0.15, -0.1) is 0 Å². The third kappa shape index (κ3) is 3.12. The van der Waals surface area contributed by atoms with Crippen LogP contribution in [0, 0.1) is 13.8 Å². The normalized spacial score (nSPS) is 10.7. The van der Waals surface area contributed by atoms with Gasteiger partial charge >= 0.3 is 5.97 Å². The first-order chi connectivity index (χ1) is 10.9. The van der Waals surface area contributed by atoms with Gasteiger partial charge in [-0.2, -0.15) is 0 Å². The quantitative estimate of drug-likeness (QED) is 0.715. The minimum absolute atomic E-state index is 0.235. The molecule has 0 unspecified atom stereocenters. The number of benzene rings is 2. The molecule has 3 rings (SSSR count). The fourth-order valence-electron chi connectivity index (χ4n) is 2.57. The first kappa shape index (κ1) is 15.3. The van der Waals surface area contributed by atoms with Crippen LogP contribution in [0.2, 0.25) is 5.02 Å². The summed E-state index contributed by atoms with van der Waals surface area (Å²) >= 11 is 6.17. The highest BCUT2D eigenvalue weighted by Crippen LogP contribution is 2.31. The lowest BCUT2D eigenvalue weighted by molar-refractivity contribution is 0.0697. The van der Waals surface area contributed by atoms with E-state index in [0.717, 1.165) is 27.8 Å². The van der Waals surface area contributed by atoms with E-state index < -0.39 is 5.97 Å². The molecule has 1 heterocycles. The number of aromatic carboxylic acids is 1. The number of rotatable bonds is 3. The number of halogens is 1. The average molecular weight is 327 g/mol. The highest BCUT2D eigenvalue weighted by Gasteiger charge is 2.09. The van der Waals surface area contributed by atoms with Gasteiger partial charge in [0.25, 0.3) is 0 Å². The summed E-state index contributed by atoms with van der Waals surface area (Å²) in [5, 5.41) is 13.9. The lowest BCUT2D eigenvalue weighted by atomic mass is 10.1. The largest absolute Gasteiger partial charge is 0.478 e. The van der Waals surface area contributed by atoms with Gasteiger partial charge in [-0.3, -0.25) is 4.98 Å². The van der Waals surface area contributed by atoms with Crippen LogP contribution in [-0.2, 0) is 0 Å². The zero-order chi connectivity index (χ0) is 16.6. The fraction of sp³-hybridized carbons (Fsp3) is 0.111. The van der Waals surface area contributed by atoms with E-state index in [9.17, 15) is 4.79 Å². The second kappa shape index (κ2) is 5.89. The average Bonchev–Trinajstić information content (AvgIpc) is 2.49. The molecule has 0 aliphatic heterocycles. The van der Waals surface area contributed by atoms with Crippen LogP contribution in [-0.4, -0.2) is 16.1 Å². The van der Waals surface area contributed by atoms with Gasteiger partial charge in [-0.1, -0.05) is 17.7 Å². The van der Waals surface area contributed by atoms with E-state index in [2.05, 4.69) is 10.3 Å². The van der Waals surface area contributed by atoms with Crippen molar-refractivity contribution < 1.29 is 9.90 Å². The van der Waals surface area contributed by atoms with Gasteiger partial charge in [-0.25, -0.2) is 4.79 Å². The van der Waals surface area contributed by atoms with E-state index in [0.29, 0.717) is 10.7 Å². The monoisotopic (exact) mass is 326 g/mol. The van der Waals surface area contributed by atoms with E-state index in [4.69, 9.17) is 16.7 Å². The molecule has 0 atom stereocenters. The van der Waals surface area contributed by atoms with Gasteiger partial charge in [0.15, 0.2) is 0 Å². The number of pyridine rings is 1. The molecule has 5 heteroatoms. The molecule has 0 saturated carbocycles. The number of carbonyl (C=O) groups is 1. The molecule has 0 fully saturated rings. The van der Waals surface area contributed by atoms with Crippen molar-refractivity contribution in [2.24, 2.45) is 0 Å². The predicted molar refractivity (Wildman–Crippen MR) is 92.9 cm³/mol. The Morgan fingerprint density at radius 3 is 2.70 bits per heavy atom. The number of nitrogens with one attached hydrogen (secondary N) is 1. The highest BCUT2D eigenvalue weighted by molar-refractivity contribution is 6.31. The summed E-state index contributed by atoms with van der Waals surface area (Å²) in [5.74, 6) is -0.955. The van der Waals surface area contributed by atoms with Gasteiger partial charge in [-0.05, 0) is 55.8 Å². The lowest BCUT2D eigenvalue weighted by Crippen LogP contribution is -1.99. The highest BCUT2D eigenvalue weighted by atomic mass is 35.5. The standard InChI is InChI=1S/C18H15ClN2O2/c1-10-6-13(19)9-15-16(7-11(2)20-17(10)15)21-14-5-3-4-12(8-14)18(22)23/h3-9H,1-2H3,(H,20,21)(H,22,23). The third-order valence-corrected chi connectivity index (χ3v) is 3.80. The maximum absolute atomic E-state index is 11.1. The van der Waals surface area contributed by atoms with E-state index in [1.54, 1.807) is 18.2 Å². The van der Waals surface area contributed by atoms with Crippen LogP contribution < -0.4 is 5.32 Å². The minimum atomic E-state index is -0.955. The molecule has 1 aromatic heterocycles. The number of aromatic nitrogens is 1. The van der Waals surface area contributed by atoms with Gasteiger partial charge in [0, 0.05) is 27.5 Å². The molecule has 0 radical (unpaired) electrons. The summed E-state index contributed by atoms with van der Waals surface area (Å²) in [4.78, 5) is 15.7. The molecular weight excluding hydrogens is 312 g/mol. The molecule has 2 N–H and O–H groups in total. The summed E-state index contributed by atoms with van der Waals surface area (Å²) in [6.07, 6.45) is 0. The van der Waals surface area contributed by atoms with Crippen LogP contribution in [0.5, 0.6) is 0 Å². The summed E-state index contributed by atoms with van der Waals surface area (Å²) < 4.78 is 0. The minimum Gasteiger partial charge on any atom is -0.478 e. The Morgan fingerprint density at radius 2 is 1.96 bits per heavy atom. The summed E-state index contributed by atoms with van der Waals surface area (Å²) in [6.45, 7) is 3.89. The third-order valence-electron chi connectivity index (χ3n) is 3.59. The number of hydrogen-bond acceptors (Lipinski definition) is 3. The van der Waals surface area contributed by atoms with Gasteiger partial charge in [0.2, 0.25) is 0 Å². The van der Waals surface area contributed by atoms with E-state index in [-0.39, 0.29) is 5.56 Å². The molecule has 23 heavy (non-hydrogen) atoms. The van der Waals surface area contributed by atoms with E-state index in [1.165, 1.54) is 0 Å². The van der Waals surface area contributed by atoms with Gasteiger partial charge < -0.3 is 10.4 Å². The fourth-order valence-corrected chi connectivity index (χ4v) is 2.85. The van der Waals surface area contributed by atoms with Crippen molar-refractivity contribution in [2.45, 2.75) is 13.8 Å². The first-order valence-corrected chi connectivity index (χ1v) is 7.50. The summed E-state index contributed by atoms with van der Waals surface area (Å²) in [6, 6.07) is 12.4. The van der Waals surface area contributed by atoms with Crippen LogP contribution in [0.25, 0.3) is 10.9 Å². The van der Waals surface area contributed by atoms with Crippen molar-refractivity contribution in [1.29, 1.82) is 0 Å². The molecule has 0 amide bonds. The molecule has 2 aromatic carbocycles. The smallest absolute Gasteiger partial charge is 0.335 e. The van der Waals surface area contributed by atoms with Gasteiger partial charge in [0.1, 0.15) is 0 Å².